The van der Waals surface area contributed by atoms with Crippen LogP contribution in [0.15, 0.2) is 24.3 Å². The van der Waals surface area contributed by atoms with Gasteiger partial charge in [-0.1, -0.05) is 39.0 Å². The zero-order chi connectivity index (χ0) is 17.2. The number of hydrogen-bond acceptors (Lipinski definition) is 2. The van der Waals surface area contributed by atoms with Gasteiger partial charge in [0.2, 0.25) is 11.8 Å². The Hall–Kier alpha value is -1.91. The topological polar surface area (TPSA) is 49.4 Å². The fraction of sp³-hybridized carbons (Fsp3) is 0.556. The number of amides is 2. The summed E-state index contributed by atoms with van der Waals surface area (Å²) >= 11 is 0. The van der Waals surface area contributed by atoms with E-state index in [0.29, 0.717) is 5.56 Å². The van der Waals surface area contributed by atoms with E-state index >= 15 is 0 Å². The number of benzene rings is 1. The van der Waals surface area contributed by atoms with Crippen LogP contribution in [-0.4, -0.2) is 29.3 Å². The minimum atomic E-state index is -0.540. The summed E-state index contributed by atoms with van der Waals surface area (Å²) in [7, 11) is 0. The summed E-state index contributed by atoms with van der Waals surface area (Å²) in [5, 5.41) is 2.68. The molecule has 2 amide bonds. The van der Waals surface area contributed by atoms with Crippen molar-refractivity contribution in [1.82, 2.24) is 10.2 Å². The Labute approximate surface area is 137 Å². The van der Waals surface area contributed by atoms with Crippen molar-refractivity contribution in [3.05, 3.63) is 35.6 Å². The molecule has 0 heterocycles. The summed E-state index contributed by atoms with van der Waals surface area (Å²) in [6.07, 6.45) is 1.86. The van der Waals surface area contributed by atoms with E-state index in [0.717, 1.165) is 12.8 Å². The molecule has 23 heavy (non-hydrogen) atoms. The molecule has 1 aromatic rings. The van der Waals surface area contributed by atoms with E-state index in [4.69, 9.17) is 0 Å². The summed E-state index contributed by atoms with van der Waals surface area (Å²) in [4.78, 5) is 26.2. The van der Waals surface area contributed by atoms with E-state index < -0.39 is 5.41 Å². The van der Waals surface area contributed by atoms with Gasteiger partial charge in [0.05, 0.1) is 12.6 Å². The van der Waals surface area contributed by atoms with Crippen molar-refractivity contribution >= 4 is 11.8 Å². The van der Waals surface area contributed by atoms with Gasteiger partial charge in [0.25, 0.3) is 0 Å². The number of hydrogen-bond donors (Lipinski definition) is 1. The summed E-state index contributed by atoms with van der Waals surface area (Å²) in [6, 6.07) is 6.31. The third-order valence-electron chi connectivity index (χ3n) is 4.08. The van der Waals surface area contributed by atoms with Crippen molar-refractivity contribution in [3.8, 4) is 0 Å². The highest BCUT2D eigenvalue weighted by atomic mass is 19.1. The maximum atomic E-state index is 14.0. The smallest absolute Gasteiger partial charge is 0.242 e. The molecule has 1 aliphatic rings. The maximum Gasteiger partial charge on any atom is 0.242 e. The summed E-state index contributed by atoms with van der Waals surface area (Å²) in [6.45, 7) is 7.18. The van der Waals surface area contributed by atoms with Gasteiger partial charge in [-0.25, -0.2) is 4.39 Å². The van der Waals surface area contributed by atoms with Crippen molar-refractivity contribution in [2.75, 3.05) is 6.54 Å². The van der Waals surface area contributed by atoms with Gasteiger partial charge in [-0.15, -0.1) is 0 Å². The van der Waals surface area contributed by atoms with Crippen LogP contribution < -0.4 is 5.32 Å². The number of rotatable bonds is 5. The predicted molar refractivity (Wildman–Crippen MR) is 87.1 cm³/mol. The van der Waals surface area contributed by atoms with E-state index in [2.05, 4.69) is 5.32 Å². The van der Waals surface area contributed by atoms with Gasteiger partial charge in [0.15, 0.2) is 0 Å². The van der Waals surface area contributed by atoms with Gasteiger partial charge in [0, 0.05) is 17.0 Å². The number of halogens is 1. The molecule has 4 nitrogen and oxygen atoms in total. The lowest BCUT2D eigenvalue weighted by molar-refractivity contribution is -0.137. The minimum Gasteiger partial charge on any atom is -0.347 e. The SMILES string of the molecule is CC(c1ccccc1F)N(C(=O)CNC(=O)C(C)(C)C)C1CC1. The van der Waals surface area contributed by atoms with Crippen LogP contribution in [0.3, 0.4) is 0 Å². The Kier molecular flexibility index (Phi) is 5.07. The van der Waals surface area contributed by atoms with Gasteiger partial charge >= 0.3 is 0 Å². The standard InChI is InChI=1S/C18H25FN2O2/c1-12(14-7-5-6-8-15(14)19)21(13-9-10-13)16(22)11-20-17(23)18(2,3)4/h5-8,12-13H,9-11H2,1-4H3,(H,20,23). The summed E-state index contributed by atoms with van der Waals surface area (Å²) < 4.78 is 14.0. The van der Waals surface area contributed by atoms with E-state index in [1.54, 1.807) is 43.9 Å². The molecule has 0 radical (unpaired) electrons. The molecule has 2 rings (SSSR count). The molecular formula is C18H25FN2O2. The zero-order valence-corrected chi connectivity index (χ0v) is 14.2. The van der Waals surface area contributed by atoms with E-state index in [1.165, 1.54) is 6.07 Å². The first-order valence-electron chi connectivity index (χ1n) is 8.05. The lowest BCUT2D eigenvalue weighted by atomic mass is 9.96. The van der Waals surface area contributed by atoms with Crippen molar-refractivity contribution in [2.45, 2.75) is 52.6 Å². The molecule has 126 valence electrons. The minimum absolute atomic E-state index is 0.0502. The zero-order valence-electron chi connectivity index (χ0n) is 14.2. The largest absolute Gasteiger partial charge is 0.347 e. The van der Waals surface area contributed by atoms with E-state index in [9.17, 15) is 14.0 Å². The van der Waals surface area contributed by atoms with Gasteiger partial charge in [0.1, 0.15) is 5.82 Å². The average molecular weight is 320 g/mol. The predicted octanol–water partition coefficient (Wildman–Crippen LogP) is 3.04. The van der Waals surface area contributed by atoms with Crippen LogP contribution >= 0.6 is 0 Å². The van der Waals surface area contributed by atoms with Crippen LogP contribution in [0.5, 0.6) is 0 Å². The first-order chi connectivity index (χ1) is 10.7. The molecule has 1 unspecified atom stereocenters. The Morgan fingerprint density at radius 1 is 1.30 bits per heavy atom. The van der Waals surface area contributed by atoms with Gasteiger partial charge in [-0.05, 0) is 25.8 Å². The second-order valence-corrected chi connectivity index (χ2v) is 7.16. The lowest BCUT2D eigenvalue weighted by Gasteiger charge is -2.30. The van der Waals surface area contributed by atoms with Crippen molar-refractivity contribution in [3.63, 3.8) is 0 Å². The van der Waals surface area contributed by atoms with Gasteiger partial charge in [-0.2, -0.15) is 0 Å². The van der Waals surface area contributed by atoms with Gasteiger partial charge in [-0.3, -0.25) is 9.59 Å². The molecule has 1 saturated carbocycles. The summed E-state index contributed by atoms with van der Waals surface area (Å²) in [5.74, 6) is -0.641. The van der Waals surface area contributed by atoms with Crippen LogP contribution in [0.25, 0.3) is 0 Å². The Bertz CT molecular complexity index is 591. The van der Waals surface area contributed by atoms with Crippen LogP contribution in [-0.2, 0) is 9.59 Å². The van der Waals surface area contributed by atoms with Gasteiger partial charge < -0.3 is 10.2 Å². The molecular weight excluding hydrogens is 295 g/mol. The monoisotopic (exact) mass is 320 g/mol. The lowest BCUT2D eigenvalue weighted by Crippen LogP contribution is -2.45. The molecule has 0 aromatic heterocycles. The number of carbonyl (C=O) groups excluding carboxylic acids is 2. The molecule has 1 atom stereocenters. The molecule has 0 aliphatic heterocycles. The molecule has 0 bridgehead atoms. The third kappa shape index (κ3) is 4.30. The fourth-order valence-corrected chi connectivity index (χ4v) is 2.56. The molecule has 1 fully saturated rings. The highest BCUT2D eigenvalue weighted by Crippen LogP contribution is 2.35. The fourth-order valence-electron chi connectivity index (χ4n) is 2.56. The van der Waals surface area contributed by atoms with Crippen LogP contribution in [0.4, 0.5) is 4.39 Å². The third-order valence-corrected chi connectivity index (χ3v) is 4.08. The van der Waals surface area contributed by atoms with Crippen LogP contribution in [0.2, 0.25) is 0 Å². The molecule has 1 aromatic carbocycles. The van der Waals surface area contributed by atoms with E-state index in [1.807, 2.05) is 6.92 Å². The normalized spacial score (nSPS) is 15.9. The second kappa shape index (κ2) is 6.69. The average Bonchev–Trinajstić information content (AvgIpc) is 3.29. The number of nitrogens with zero attached hydrogens (tertiary/aromatic N) is 1. The van der Waals surface area contributed by atoms with Crippen molar-refractivity contribution in [1.29, 1.82) is 0 Å². The highest BCUT2D eigenvalue weighted by molar-refractivity contribution is 5.87. The first kappa shape index (κ1) is 17.4. The Balaban J connectivity index is 2.08. The maximum absolute atomic E-state index is 14.0. The Morgan fingerprint density at radius 3 is 2.43 bits per heavy atom. The van der Waals surface area contributed by atoms with Crippen LogP contribution in [0.1, 0.15) is 52.1 Å². The second-order valence-electron chi connectivity index (χ2n) is 7.16. The molecule has 1 aliphatic carbocycles. The Morgan fingerprint density at radius 2 is 1.91 bits per heavy atom. The highest BCUT2D eigenvalue weighted by Gasteiger charge is 2.37. The molecule has 0 spiro atoms. The van der Waals surface area contributed by atoms with E-state index in [-0.39, 0.29) is 36.3 Å². The van der Waals surface area contributed by atoms with Crippen LogP contribution in [0, 0.1) is 11.2 Å². The molecule has 1 N–H and O–H groups in total. The number of nitrogens with one attached hydrogen (secondary N) is 1. The van der Waals surface area contributed by atoms with Crippen molar-refractivity contribution in [2.24, 2.45) is 5.41 Å². The molecule has 5 heteroatoms. The quantitative estimate of drug-likeness (QED) is 0.906. The number of carbonyl (C=O) groups is 2. The first-order valence-corrected chi connectivity index (χ1v) is 8.05. The van der Waals surface area contributed by atoms with Crippen molar-refractivity contribution < 1.29 is 14.0 Å². The molecule has 0 saturated heterocycles. The summed E-state index contributed by atoms with van der Waals surface area (Å²) in [5.41, 5.74) is -0.0307.